The molecule has 0 amide bonds. The summed E-state index contributed by atoms with van der Waals surface area (Å²) in [5.74, 6) is 0.0925. The Hall–Kier alpha value is -2.31. The molecule has 0 unspecified atom stereocenters. The SMILES string of the molecule is N=C(N)c1ccc(Oc2ccc(Cl)cc2[N+](=O)[O-])c(Cl)c1. The normalized spacial score (nSPS) is 10.2. The molecule has 6 nitrogen and oxygen atoms in total. The molecule has 0 bridgehead atoms. The predicted molar refractivity (Wildman–Crippen MR) is 80.6 cm³/mol. The van der Waals surface area contributed by atoms with Crippen molar-refractivity contribution in [1.82, 2.24) is 0 Å². The van der Waals surface area contributed by atoms with E-state index in [1.165, 1.54) is 36.4 Å². The third-order valence-electron chi connectivity index (χ3n) is 2.58. The molecule has 0 aliphatic rings. The zero-order chi connectivity index (χ0) is 15.6. The van der Waals surface area contributed by atoms with E-state index in [1.54, 1.807) is 0 Å². The fourth-order valence-electron chi connectivity index (χ4n) is 1.59. The van der Waals surface area contributed by atoms with Gasteiger partial charge in [0.15, 0.2) is 0 Å². The number of ether oxygens (including phenoxy) is 1. The van der Waals surface area contributed by atoms with Gasteiger partial charge in [0.1, 0.15) is 11.6 Å². The number of benzene rings is 2. The number of rotatable bonds is 4. The molecule has 21 heavy (non-hydrogen) atoms. The largest absolute Gasteiger partial charge is 0.449 e. The molecule has 2 aromatic carbocycles. The first-order valence-corrected chi connectivity index (χ1v) is 6.40. The molecule has 8 heteroatoms. The lowest BCUT2D eigenvalue weighted by Crippen LogP contribution is -2.10. The van der Waals surface area contributed by atoms with Crippen molar-refractivity contribution in [3.63, 3.8) is 0 Å². The van der Waals surface area contributed by atoms with E-state index < -0.39 is 4.92 Å². The van der Waals surface area contributed by atoms with Crippen LogP contribution < -0.4 is 10.5 Å². The smallest absolute Gasteiger partial charge is 0.313 e. The van der Waals surface area contributed by atoms with Crippen molar-refractivity contribution in [3.05, 3.63) is 62.1 Å². The number of hydrogen-bond acceptors (Lipinski definition) is 4. The molecular weight excluding hydrogens is 317 g/mol. The summed E-state index contributed by atoms with van der Waals surface area (Å²) in [5.41, 5.74) is 5.51. The topological polar surface area (TPSA) is 102 Å². The number of halogens is 2. The molecule has 0 atom stereocenters. The van der Waals surface area contributed by atoms with Crippen LogP contribution in [0.3, 0.4) is 0 Å². The van der Waals surface area contributed by atoms with E-state index in [4.69, 9.17) is 39.1 Å². The van der Waals surface area contributed by atoms with Gasteiger partial charge in [-0.1, -0.05) is 23.2 Å². The highest BCUT2D eigenvalue weighted by Crippen LogP contribution is 2.36. The molecule has 3 N–H and O–H groups in total. The first-order valence-electron chi connectivity index (χ1n) is 5.64. The Kier molecular flexibility index (Phi) is 4.30. The first kappa shape index (κ1) is 15.1. The number of hydrogen-bond donors (Lipinski definition) is 2. The third-order valence-corrected chi connectivity index (χ3v) is 3.11. The molecule has 0 aliphatic heterocycles. The second kappa shape index (κ2) is 5.99. The van der Waals surface area contributed by atoms with Gasteiger partial charge in [0, 0.05) is 16.7 Å². The van der Waals surface area contributed by atoms with Gasteiger partial charge in [-0.3, -0.25) is 15.5 Å². The standard InChI is InChI=1S/C13H9Cl2N3O3/c14-8-2-4-12(10(6-8)18(19)20)21-11-3-1-7(13(16)17)5-9(11)15/h1-6H,(H3,16,17). The van der Waals surface area contributed by atoms with Crippen molar-refractivity contribution in [2.45, 2.75) is 0 Å². The van der Waals surface area contributed by atoms with Gasteiger partial charge >= 0.3 is 5.69 Å². The van der Waals surface area contributed by atoms with E-state index in [0.29, 0.717) is 5.56 Å². The lowest BCUT2D eigenvalue weighted by Gasteiger charge is -2.09. The summed E-state index contributed by atoms with van der Waals surface area (Å²) in [6.07, 6.45) is 0. The van der Waals surface area contributed by atoms with Crippen LogP contribution in [0.1, 0.15) is 5.56 Å². The van der Waals surface area contributed by atoms with E-state index in [-0.39, 0.29) is 33.1 Å². The Labute approximate surface area is 129 Å². The van der Waals surface area contributed by atoms with Crippen LogP contribution in [0, 0.1) is 15.5 Å². The maximum Gasteiger partial charge on any atom is 0.313 e. The number of nitro groups is 1. The Morgan fingerprint density at radius 3 is 2.43 bits per heavy atom. The van der Waals surface area contributed by atoms with Gasteiger partial charge in [-0.25, -0.2) is 0 Å². The number of amidine groups is 1. The summed E-state index contributed by atoms with van der Waals surface area (Å²) >= 11 is 11.7. The monoisotopic (exact) mass is 325 g/mol. The second-order valence-corrected chi connectivity index (χ2v) is 4.87. The molecule has 0 heterocycles. The minimum Gasteiger partial charge on any atom is -0.449 e. The lowest BCUT2D eigenvalue weighted by atomic mass is 10.2. The van der Waals surface area contributed by atoms with E-state index in [9.17, 15) is 10.1 Å². The highest BCUT2D eigenvalue weighted by atomic mass is 35.5. The van der Waals surface area contributed by atoms with Crippen LogP contribution in [-0.2, 0) is 0 Å². The molecule has 0 aliphatic carbocycles. The van der Waals surface area contributed by atoms with Gasteiger partial charge in [0.25, 0.3) is 0 Å². The van der Waals surface area contributed by atoms with Gasteiger partial charge in [0.2, 0.25) is 5.75 Å². The number of nitro benzene ring substituents is 1. The van der Waals surface area contributed by atoms with Crippen LogP contribution in [0.2, 0.25) is 10.0 Å². The fourth-order valence-corrected chi connectivity index (χ4v) is 1.97. The average Bonchev–Trinajstić information content (AvgIpc) is 2.42. The van der Waals surface area contributed by atoms with Crippen molar-refractivity contribution in [2.24, 2.45) is 5.73 Å². The minimum absolute atomic E-state index is 0.0156. The van der Waals surface area contributed by atoms with Crippen LogP contribution in [0.4, 0.5) is 5.69 Å². The summed E-state index contributed by atoms with van der Waals surface area (Å²) in [5, 5.41) is 18.7. The van der Waals surface area contributed by atoms with Crippen LogP contribution in [0.25, 0.3) is 0 Å². The minimum atomic E-state index is -0.598. The van der Waals surface area contributed by atoms with Gasteiger partial charge in [0.05, 0.1) is 9.95 Å². The molecule has 0 aromatic heterocycles. The van der Waals surface area contributed by atoms with E-state index >= 15 is 0 Å². The molecule has 0 radical (unpaired) electrons. The van der Waals surface area contributed by atoms with Crippen molar-refractivity contribution >= 4 is 34.7 Å². The molecule has 0 saturated heterocycles. The quantitative estimate of drug-likeness (QED) is 0.384. The predicted octanol–water partition coefficient (Wildman–Crippen LogP) is 3.98. The summed E-state index contributed by atoms with van der Waals surface area (Å²) < 4.78 is 5.45. The number of nitrogens with zero attached hydrogens (tertiary/aromatic N) is 1. The summed E-state index contributed by atoms with van der Waals surface area (Å²) in [6, 6.07) is 8.51. The molecule has 108 valence electrons. The maximum absolute atomic E-state index is 11.0. The lowest BCUT2D eigenvalue weighted by molar-refractivity contribution is -0.385. The number of nitrogen functional groups attached to an aromatic ring is 1. The molecule has 2 aromatic rings. The van der Waals surface area contributed by atoms with Crippen molar-refractivity contribution in [1.29, 1.82) is 5.41 Å². The molecule has 2 rings (SSSR count). The van der Waals surface area contributed by atoms with Gasteiger partial charge < -0.3 is 10.5 Å². The fraction of sp³-hybridized carbons (Fsp3) is 0. The van der Waals surface area contributed by atoms with Gasteiger partial charge in [-0.15, -0.1) is 0 Å². The van der Waals surface area contributed by atoms with E-state index in [0.717, 1.165) is 0 Å². The van der Waals surface area contributed by atoms with Crippen LogP contribution >= 0.6 is 23.2 Å². The molecule has 0 spiro atoms. The summed E-state index contributed by atoms with van der Waals surface area (Å²) in [7, 11) is 0. The van der Waals surface area contributed by atoms with Crippen LogP contribution in [0.5, 0.6) is 11.5 Å². The zero-order valence-electron chi connectivity index (χ0n) is 10.5. The van der Waals surface area contributed by atoms with Gasteiger partial charge in [-0.05, 0) is 30.3 Å². The zero-order valence-corrected chi connectivity index (χ0v) is 12.0. The Morgan fingerprint density at radius 1 is 1.19 bits per heavy atom. The summed E-state index contributed by atoms with van der Waals surface area (Å²) in [6.45, 7) is 0. The molecule has 0 fully saturated rings. The van der Waals surface area contributed by atoms with E-state index in [2.05, 4.69) is 0 Å². The molecule has 0 saturated carbocycles. The van der Waals surface area contributed by atoms with Crippen molar-refractivity contribution in [2.75, 3.05) is 0 Å². The number of nitrogens with two attached hydrogens (primary N) is 1. The second-order valence-electron chi connectivity index (χ2n) is 4.03. The Balaban J connectivity index is 2.39. The first-order chi connectivity index (χ1) is 9.88. The van der Waals surface area contributed by atoms with Crippen molar-refractivity contribution < 1.29 is 9.66 Å². The Bertz CT molecular complexity index is 735. The summed E-state index contributed by atoms with van der Waals surface area (Å²) in [4.78, 5) is 10.4. The highest BCUT2D eigenvalue weighted by Gasteiger charge is 2.17. The Morgan fingerprint density at radius 2 is 1.86 bits per heavy atom. The van der Waals surface area contributed by atoms with Crippen molar-refractivity contribution in [3.8, 4) is 11.5 Å². The van der Waals surface area contributed by atoms with Gasteiger partial charge in [-0.2, -0.15) is 0 Å². The highest BCUT2D eigenvalue weighted by molar-refractivity contribution is 6.32. The average molecular weight is 326 g/mol. The molecular formula is C13H9Cl2N3O3. The van der Waals surface area contributed by atoms with Crippen LogP contribution in [-0.4, -0.2) is 10.8 Å². The number of nitrogens with one attached hydrogen (secondary N) is 1. The van der Waals surface area contributed by atoms with E-state index in [1.807, 2.05) is 0 Å². The third kappa shape index (κ3) is 3.42. The maximum atomic E-state index is 11.0. The van der Waals surface area contributed by atoms with Crippen LogP contribution in [0.15, 0.2) is 36.4 Å².